The number of Topliss-reactive ketones (excluding diaryl/α,β-unsaturated/α-hetero) is 1. The standard InChI is InChI=1S/C25H31NO5S/c1-14(2)17-13-18(16(5)12-19(17)30-6)23(27)21-22(20-8-7-11-32-20)26(25(29)24(21)28)9-10-31-15(3)4/h7-8,11-15,22,27H,9-10H2,1-6H3/b23-21+. The molecular formula is C25H31NO5S. The van der Waals surface area contributed by atoms with E-state index in [1.165, 1.54) is 16.2 Å². The van der Waals surface area contributed by atoms with Crippen LogP contribution < -0.4 is 4.74 Å². The smallest absolute Gasteiger partial charge is 0.295 e. The first-order valence-corrected chi connectivity index (χ1v) is 11.7. The van der Waals surface area contributed by atoms with E-state index in [9.17, 15) is 14.7 Å². The molecule has 1 saturated heterocycles. The molecule has 1 atom stereocenters. The summed E-state index contributed by atoms with van der Waals surface area (Å²) in [7, 11) is 1.61. The Hall–Kier alpha value is -2.64. The van der Waals surface area contributed by atoms with E-state index in [1.54, 1.807) is 7.11 Å². The van der Waals surface area contributed by atoms with Gasteiger partial charge in [0.2, 0.25) is 0 Å². The Labute approximate surface area is 193 Å². The number of aliphatic hydroxyl groups is 1. The van der Waals surface area contributed by atoms with Crippen molar-refractivity contribution in [2.24, 2.45) is 0 Å². The second-order valence-electron chi connectivity index (χ2n) is 8.49. The fourth-order valence-electron chi connectivity index (χ4n) is 3.97. The minimum absolute atomic E-state index is 0.0170. The summed E-state index contributed by atoms with van der Waals surface area (Å²) < 4.78 is 11.1. The number of methoxy groups -OCH3 is 1. The highest BCUT2D eigenvalue weighted by atomic mass is 32.1. The molecule has 0 aliphatic carbocycles. The zero-order valence-corrected chi connectivity index (χ0v) is 20.3. The lowest BCUT2D eigenvalue weighted by Gasteiger charge is -2.24. The van der Waals surface area contributed by atoms with Gasteiger partial charge in [-0.1, -0.05) is 19.9 Å². The number of hydrogen-bond acceptors (Lipinski definition) is 6. The van der Waals surface area contributed by atoms with Crippen LogP contribution in [-0.2, 0) is 14.3 Å². The van der Waals surface area contributed by atoms with Crippen LogP contribution in [0.2, 0.25) is 0 Å². The zero-order chi connectivity index (χ0) is 23.6. The van der Waals surface area contributed by atoms with Crippen molar-refractivity contribution in [3.8, 4) is 5.75 Å². The highest BCUT2D eigenvalue weighted by molar-refractivity contribution is 7.10. The molecule has 1 N–H and O–H groups in total. The van der Waals surface area contributed by atoms with E-state index >= 15 is 0 Å². The van der Waals surface area contributed by atoms with Crippen LogP contribution in [-0.4, -0.2) is 48.1 Å². The topological polar surface area (TPSA) is 76.1 Å². The second kappa shape index (κ2) is 9.88. The number of thiophene rings is 1. The van der Waals surface area contributed by atoms with Crippen molar-refractivity contribution in [2.45, 2.75) is 52.7 Å². The van der Waals surface area contributed by atoms with Crippen LogP contribution >= 0.6 is 11.3 Å². The summed E-state index contributed by atoms with van der Waals surface area (Å²) in [6.45, 7) is 10.3. The molecule has 1 amide bonds. The molecule has 0 radical (unpaired) electrons. The maximum Gasteiger partial charge on any atom is 0.295 e. The summed E-state index contributed by atoms with van der Waals surface area (Å²) >= 11 is 1.45. The number of rotatable bonds is 8. The quantitative estimate of drug-likeness (QED) is 0.342. The molecule has 172 valence electrons. The fraction of sp³-hybridized carbons (Fsp3) is 0.440. The number of ketones is 1. The van der Waals surface area contributed by atoms with Crippen LogP contribution in [0.1, 0.15) is 61.2 Å². The molecule has 0 spiro atoms. The maximum absolute atomic E-state index is 13.1. The van der Waals surface area contributed by atoms with Gasteiger partial charge in [0.15, 0.2) is 0 Å². The first kappa shape index (κ1) is 24.0. The number of aliphatic hydroxyl groups excluding tert-OH is 1. The lowest BCUT2D eigenvalue weighted by atomic mass is 9.92. The van der Waals surface area contributed by atoms with Crippen molar-refractivity contribution in [3.63, 3.8) is 0 Å². The van der Waals surface area contributed by atoms with Crippen molar-refractivity contribution in [1.82, 2.24) is 4.90 Å². The zero-order valence-electron chi connectivity index (χ0n) is 19.5. The van der Waals surface area contributed by atoms with Gasteiger partial charge in [-0.3, -0.25) is 9.59 Å². The van der Waals surface area contributed by atoms with Gasteiger partial charge < -0.3 is 19.5 Å². The number of likely N-dealkylation sites (tertiary alicyclic amines) is 1. The number of amides is 1. The third-order valence-electron chi connectivity index (χ3n) is 5.59. The lowest BCUT2D eigenvalue weighted by molar-refractivity contribution is -0.140. The fourth-order valence-corrected chi connectivity index (χ4v) is 4.81. The van der Waals surface area contributed by atoms with Crippen LogP contribution in [0.15, 0.2) is 35.2 Å². The van der Waals surface area contributed by atoms with E-state index in [4.69, 9.17) is 9.47 Å². The van der Waals surface area contributed by atoms with Crippen LogP contribution in [0.5, 0.6) is 5.75 Å². The van der Waals surface area contributed by atoms with Gasteiger partial charge in [0.25, 0.3) is 11.7 Å². The Kier molecular flexibility index (Phi) is 7.41. The molecule has 2 heterocycles. The van der Waals surface area contributed by atoms with E-state index in [2.05, 4.69) is 0 Å². The lowest BCUT2D eigenvalue weighted by Crippen LogP contribution is -2.33. The maximum atomic E-state index is 13.1. The highest BCUT2D eigenvalue weighted by Crippen LogP contribution is 2.42. The molecule has 1 aliphatic rings. The van der Waals surface area contributed by atoms with Gasteiger partial charge in [-0.25, -0.2) is 0 Å². The van der Waals surface area contributed by atoms with E-state index in [-0.39, 0.29) is 29.9 Å². The summed E-state index contributed by atoms with van der Waals surface area (Å²) in [5, 5.41) is 13.3. The van der Waals surface area contributed by atoms with Crippen molar-refractivity contribution < 1.29 is 24.2 Å². The monoisotopic (exact) mass is 457 g/mol. The number of carbonyl (C=O) groups excluding carboxylic acids is 2. The van der Waals surface area contributed by atoms with Gasteiger partial charge in [0.1, 0.15) is 11.5 Å². The summed E-state index contributed by atoms with van der Waals surface area (Å²) in [5.74, 6) is -0.564. The largest absolute Gasteiger partial charge is 0.507 e. The molecule has 1 aliphatic heterocycles. The van der Waals surface area contributed by atoms with Gasteiger partial charge in [-0.2, -0.15) is 0 Å². The SMILES string of the molecule is COc1cc(C)c(/C(O)=C2\C(=O)C(=O)N(CCOC(C)C)C2c2cccs2)cc1C(C)C. The van der Waals surface area contributed by atoms with Crippen molar-refractivity contribution in [1.29, 1.82) is 0 Å². The predicted molar refractivity (Wildman–Crippen MR) is 126 cm³/mol. The Morgan fingerprint density at radius 1 is 1.22 bits per heavy atom. The number of nitrogens with zero attached hydrogens (tertiary/aromatic N) is 1. The normalized spacial score (nSPS) is 18.2. The van der Waals surface area contributed by atoms with Gasteiger partial charge in [-0.05, 0) is 61.4 Å². The number of carbonyl (C=O) groups is 2. The molecule has 32 heavy (non-hydrogen) atoms. The van der Waals surface area contributed by atoms with E-state index in [0.717, 1.165) is 21.8 Å². The Morgan fingerprint density at radius 2 is 1.94 bits per heavy atom. The van der Waals surface area contributed by atoms with Gasteiger partial charge in [0.05, 0.1) is 31.4 Å². The first-order chi connectivity index (χ1) is 15.2. The van der Waals surface area contributed by atoms with Crippen molar-refractivity contribution in [2.75, 3.05) is 20.3 Å². The summed E-state index contributed by atoms with van der Waals surface area (Å²) in [6, 6.07) is 6.83. The molecule has 1 fully saturated rings. The summed E-state index contributed by atoms with van der Waals surface area (Å²) in [6.07, 6.45) is 0.0170. The average Bonchev–Trinajstić information content (AvgIpc) is 3.35. The molecule has 0 saturated carbocycles. The van der Waals surface area contributed by atoms with E-state index in [0.29, 0.717) is 12.2 Å². The molecule has 1 aromatic carbocycles. The van der Waals surface area contributed by atoms with Crippen LogP contribution in [0.4, 0.5) is 0 Å². The van der Waals surface area contributed by atoms with E-state index < -0.39 is 17.7 Å². The third-order valence-corrected chi connectivity index (χ3v) is 6.51. The molecule has 0 bridgehead atoms. The molecule has 1 unspecified atom stereocenters. The van der Waals surface area contributed by atoms with E-state index in [1.807, 2.05) is 64.3 Å². The molecule has 7 heteroatoms. The van der Waals surface area contributed by atoms with Crippen molar-refractivity contribution in [3.05, 3.63) is 56.8 Å². The minimum atomic E-state index is -0.674. The number of aryl methyl sites for hydroxylation is 1. The average molecular weight is 458 g/mol. The predicted octanol–water partition coefficient (Wildman–Crippen LogP) is 5.04. The Bertz CT molecular complexity index is 1020. The molecule has 6 nitrogen and oxygen atoms in total. The first-order valence-electron chi connectivity index (χ1n) is 10.8. The van der Waals surface area contributed by atoms with Gasteiger partial charge in [-0.15, -0.1) is 11.3 Å². The Morgan fingerprint density at radius 3 is 2.50 bits per heavy atom. The Balaban J connectivity index is 2.14. The van der Waals surface area contributed by atoms with Crippen LogP contribution in [0, 0.1) is 6.92 Å². The number of benzene rings is 1. The highest BCUT2D eigenvalue weighted by Gasteiger charge is 2.46. The molecule has 2 aromatic rings. The van der Waals surface area contributed by atoms with Gasteiger partial charge in [0, 0.05) is 17.0 Å². The second-order valence-corrected chi connectivity index (χ2v) is 9.47. The number of hydrogen-bond donors (Lipinski definition) is 1. The summed E-state index contributed by atoms with van der Waals surface area (Å²) in [4.78, 5) is 28.4. The van der Waals surface area contributed by atoms with Gasteiger partial charge >= 0.3 is 0 Å². The van der Waals surface area contributed by atoms with Crippen molar-refractivity contribution >= 4 is 28.8 Å². The summed E-state index contributed by atoms with van der Waals surface area (Å²) in [5.41, 5.74) is 2.34. The number of ether oxygens (including phenoxy) is 2. The van der Waals surface area contributed by atoms with Crippen LogP contribution in [0.3, 0.4) is 0 Å². The van der Waals surface area contributed by atoms with Crippen LogP contribution in [0.25, 0.3) is 5.76 Å². The molecular weight excluding hydrogens is 426 g/mol. The minimum Gasteiger partial charge on any atom is -0.507 e. The molecule has 1 aromatic heterocycles. The molecule has 3 rings (SSSR count). The third kappa shape index (κ3) is 4.59.